The molecule has 246 valence electrons. The highest BCUT2D eigenvalue weighted by molar-refractivity contribution is 6.10. The number of ketones is 1. The van der Waals surface area contributed by atoms with Gasteiger partial charge in [-0.2, -0.15) is 0 Å². The fourth-order valence-corrected chi connectivity index (χ4v) is 6.90. The highest BCUT2D eigenvalue weighted by atomic mass is 16.5. The van der Waals surface area contributed by atoms with Gasteiger partial charge >= 0.3 is 0 Å². The van der Waals surface area contributed by atoms with Gasteiger partial charge in [-0.15, -0.1) is 0 Å². The van der Waals surface area contributed by atoms with Crippen LogP contribution in [0.1, 0.15) is 83.0 Å². The average Bonchev–Trinajstić information content (AvgIpc) is 3.08. The van der Waals surface area contributed by atoms with E-state index in [-0.39, 0.29) is 11.9 Å². The quantitative estimate of drug-likeness (QED) is 0.0685. The van der Waals surface area contributed by atoms with Gasteiger partial charge in [0.15, 0.2) is 5.78 Å². The van der Waals surface area contributed by atoms with Crippen LogP contribution in [-0.2, 0) is 4.74 Å². The SMILES string of the molecule is C=CC(C)Oc1ccc(-c2ccc3cc(C(=O)C(=C)CCC4=CC=C(C5CC(C(C)CC)C5)C(COC(=C)CC)C4)ccc3c2)cc1. The number of Topliss-reactive ketones (excluding diaryl/α,β-unsaturated/α-hetero) is 1. The molecule has 0 radical (unpaired) electrons. The fourth-order valence-electron chi connectivity index (χ4n) is 6.90. The summed E-state index contributed by atoms with van der Waals surface area (Å²) in [4.78, 5) is 13.5. The Labute approximate surface area is 282 Å². The Morgan fingerprint density at radius 3 is 2.34 bits per heavy atom. The van der Waals surface area contributed by atoms with Crippen LogP contribution in [0, 0.1) is 23.7 Å². The lowest BCUT2D eigenvalue weighted by molar-refractivity contribution is 0.103. The number of rotatable bonds is 16. The first-order chi connectivity index (χ1) is 22.7. The van der Waals surface area contributed by atoms with E-state index in [1.807, 2.05) is 37.3 Å². The molecule has 2 aliphatic carbocycles. The Bertz CT molecular complexity index is 1660. The van der Waals surface area contributed by atoms with Gasteiger partial charge in [-0.25, -0.2) is 0 Å². The van der Waals surface area contributed by atoms with Crippen molar-refractivity contribution in [3.8, 4) is 16.9 Å². The van der Waals surface area contributed by atoms with Gasteiger partial charge in [0.2, 0.25) is 0 Å². The smallest absolute Gasteiger partial charge is 0.188 e. The molecule has 1 fully saturated rings. The highest BCUT2D eigenvalue weighted by Gasteiger charge is 2.37. The number of benzene rings is 3. The fraction of sp³-hybridized carbons (Fsp3) is 0.386. The standard InChI is InChI=1S/C44H52O3/c1-8-29(4)39-26-40(27-39)43-22-13-33(23-41(43)28-46-31(6)9-2)12-11-30(5)44(45)38-17-16-36-24-35(14-15-37(36)25-38)34-18-20-42(21-19-34)47-32(7)10-3/h10,13-22,24-25,29,32,39-41H,3,5-6,8-9,11-12,23,26-28H2,1-2,4,7H3. The highest BCUT2D eigenvalue weighted by Crippen LogP contribution is 2.48. The number of hydrogen-bond donors (Lipinski definition) is 0. The van der Waals surface area contributed by atoms with Gasteiger partial charge in [-0.3, -0.25) is 4.79 Å². The molecule has 3 nitrogen and oxygen atoms in total. The second-order valence-corrected chi connectivity index (χ2v) is 13.7. The van der Waals surface area contributed by atoms with Gasteiger partial charge in [0.25, 0.3) is 0 Å². The number of carbonyl (C=O) groups is 1. The Hall–Kier alpha value is -4.11. The first-order valence-electron chi connectivity index (χ1n) is 17.5. The van der Waals surface area contributed by atoms with Crippen molar-refractivity contribution in [2.75, 3.05) is 6.61 Å². The lowest BCUT2D eigenvalue weighted by Crippen LogP contribution is -2.33. The third kappa shape index (κ3) is 8.44. The van der Waals surface area contributed by atoms with Crippen LogP contribution in [0.15, 0.2) is 121 Å². The Balaban J connectivity index is 1.21. The van der Waals surface area contributed by atoms with Crippen molar-refractivity contribution >= 4 is 16.6 Å². The molecule has 0 amide bonds. The van der Waals surface area contributed by atoms with Crippen molar-refractivity contribution in [2.24, 2.45) is 23.7 Å². The average molecular weight is 629 g/mol. The molecule has 0 saturated heterocycles. The van der Waals surface area contributed by atoms with Crippen molar-refractivity contribution in [1.29, 1.82) is 0 Å². The van der Waals surface area contributed by atoms with E-state index in [9.17, 15) is 4.79 Å². The Kier molecular flexibility index (Phi) is 11.4. The lowest BCUT2D eigenvalue weighted by atomic mass is 9.62. The molecule has 1 saturated carbocycles. The van der Waals surface area contributed by atoms with Crippen LogP contribution in [0.4, 0.5) is 0 Å². The van der Waals surface area contributed by atoms with Crippen molar-refractivity contribution in [2.45, 2.75) is 78.7 Å². The van der Waals surface area contributed by atoms with Gasteiger partial charge in [0.1, 0.15) is 11.9 Å². The van der Waals surface area contributed by atoms with E-state index in [1.165, 1.54) is 24.8 Å². The maximum atomic E-state index is 13.5. The third-order valence-electron chi connectivity index (χ3n) is 10.5. The summed E-state index contributed by atoms with van der Waals surface area (Å²) in [6, 6.07) is 20.4. The number of allylic oxidation sites excluding steroid dienone is 5. The molecule has 3 heteroatoms. The molecule has 0 bridgehead atoms. The monoisotopic (exact) mass is 628 g/mol. The van der Waals surface area contributed by atoms with Crippen LogP contribution in [-0.4, -0.2) is 18.5 Å². The van der Waals surface area contributed by atoms with E-state index in [0.717, 1.165) is 64.5 Å². The largest absolute Gasteiger partial charge is 0.498 e. The summed E-state index contributed by atoms with van der Waals surface area (Å²) in [6.45, 7) is 21.5. The summed E-state index contributed by atoms with van der Waals surface area (Å²) in [5.41, 5.74) is 6.51. The van der Waals surface area contributed by atoms with Crippen molar-refractivity contribution < 1.29 is 14.3 Å². The van der Waals surface area contributed by atoms with Crippen molar-refractivity contribution in [1.82, 2.24) is 0 Å². The van der Waals surface area contributed by atoms with E-state index in [1.54, 1.807) is 11.6 Å². The van der Waals surface area contributed by atoms with E-state index in [0.29, 0.717) is 36.0 Å². The molecule has 3 aromatic carbocycles. The second-order valence-electron chi connectivity index (χ2n) is 13.7. The van der Waals surface area contributed by atoms with Gasteiger partial charge in [0.05, 0.1) is 12.4 Å². The first kappa shape index (κ1) is 34.2. The van der Waals surface area contributed by atoms with Crippen LogP contribution >= 0.6 is 0 Å². The Morgan fingerprint density at radius 1 is 0.936 bits per heavy atom. The van der Waals surface area contributed by atoms with Crippen molar-refractivity contribution in [3.63, 3.8) is 0 Å². The topological polar surface area (TPSA) is 35.5 Å². The lowest BCUT2D eigenvalue weighted by Gasteiger charge is -2.43. The van der Waals surface area contributed by atoms with Crippen LogP contribution in [0.25, 0.3) is 21.9 Å². The molecule has 0 N–H and O–H groups in total. The first-order valence-corrected chi connectivity index (χ1v) is 17.5. The summed E-state index contributed by atoms with van der Waals surface area (Å²) in [6.07, 6.45) is 13.6. The summed E-state index contributed by atoms with van der Waals surface area (Å²) in [5, 5.41) is 2.14. The predicted octanol–water partition coefficient (Wildman–Crippen LogP) is 11.9. The zero-order chi connectivity index (χ0) is 33.5. The van der Waals surface area contributed by atoms with Crippen LogP contribution in [0.2, 0.25) is 0 Å². The molecule has 3 unspecified atom stereocenters. The molecule has 3 atom stereocenters. The minimum Gasteiger partial charge on any atom is -0.498 e. The molecule has 2 aliphatic rings. The zero-order valence-corrected chi connectivity index (χ0v) is 28.9. The molecule has 5 rings (SSSR count). The maximum absolute atomic E-state index is 13.5. The number of ether oxygens (including phenoxy) is 2. The molecule has 0 spiro atoms. The van der Waals surface area contributed by atoms with Gasteiger partial charge in [0, 0.05) is 17.9 Å². The van der Waals surface area contributed by atoms with E-state index >= 15 is 0 Å². The summed E-state index contributed by atoms with van der Waals surface area (Å²) >= 11 is 0. The number of carbonyl (C=O) groups excluding carboxylic acids is 1. The molecular formula is C44H52O3. The third-order valence-corrected chi connectivity index (χ3v) is 10.5. The summed E-state index contributed by atoms with van der Waals surface area (Å²) < 4.78 is 11.9. The van der Waals surface area contributed by atoms with Crippen LogP contribution in [0.5, 0.6) is 5.75 Å². The normalized spacial score (nSPS) is 20.3. The number of fused-ring (bicyclic) bond motifs is 1. The van der Waals surface area contributed by atoms with Gasteiger partial charge < -0.3 is 9.47 Å². The predicted molar refractivity (Wildman–Crippen MR) is 198 cm³/mol. The summed E-state index contributed by atoms with van der Waals surface area (Å²) in [5.74, 6) is 4.40. The minimum absolute atomic E-state index is 0.0256. The number of hydrogen-bond acceptors (Lipinski definition) is 3. The van der Waals surface area contributed by atoms with Crippen molar-refractivity contribution in [3.05, 3.63) is 127 Å². The van der Waals surface area contributed by atoms with Crippen LogP contribution in [0.3, 0.4) is 0 Å². The van der Waals surface area contributed by atoms with Gasteiger partial charge in [-0.05, 0) is 109 Å². The van der Waals surface area contributed by atoms with E-state index in [2.05, 4.69) is 83.0 Å². The molecular weight excluding hydrogens is 576 g/mol. The molecule has 3 aromatic rings. The van der Waals surface area contributed by atoms with E-state index < -0.39 is 0 Å². The molecule has 0 aliphatic heterocycles. The molecule has 47 heavy (non-hydrogen) atoms. The zero-order valence-electron chi connectivity index (χ0n) is 28.9. The molecule has 0 heterocycles. The minimum atomic E-state index is -0.0346. The second kappa shape index (κ2) is 15.7. The summed E-state index contributed by atoms with van der Waals surface area (Å²) in [7, 11) is 0. The molecule has 0 aromatic heterocycles. The maximum Gasteiger partial charge on any atom is 0.188 e. The van der Waals surface area contributed by atoms with Gasteiger partial charge in [-0.1, -0.05) is 113 Å². The van der Waals surface area contributed by atoms with Crippen LogP contribution < -0.4 is 4.74 Å². The van der Waals surface area contributed by atoms with E-state index in [4.69, 9.17) is 9.47 Å². The Morgan fingerprint density at radius 2 is 1.64 bits per heavy atom.